The van der Waals surface area contributed by atoms with Crippen molar-refractivity contribution in [1.82, 2.24) is 26.2 Å². The van der Waals surface area contributed by atoms with Gasteiger partial charge in [-0.1, -0.05) is 47.6 Å². The number of nitrogens with two attached hydrogens (primary N) is 2. The van der Waals surface area contributed by atoms with Gasteiger partial charge in [-0.15, -0.1) is 0 Å². The molecule has 1 aromatic carbocycles. The lowest BCUT2D eigenvalue weighted by Gasteiger charge is -2.37. The van der Waals surface area contributed by atoms with Crippen LogP contribution < -0.4 is 38.1 Å². The molecule has 1 atom stereocenters. The lowest BCUT2D eigenvalue weighted by molar-refractivity contribution is -0.144. The van der Waals surface area contributed by atoms with E-state index in [-0.39, 0.29) is 55.9 Å². The molecule has 0 bridgehead atoms. The summed E-state index contributed by atoms with van der Waals surface area (Å²) in [4.78, 5) is 73.4. The highest BCUT2D eigenvalue weighted by Crippen LogP contribution is 2.21. The van der Waals surface area contributed by atoms with E-state index in [9.17, 15) is 37.2 Å². The second-order valence-corrected chi connectivity index (χ2v) is 13.4. The van der Waals surface area contributed by atoms with Crippen LogP contribution in [0.5, 0.6) is 0 Å². The van der Waals surface area contributed by atoms with Crippen LogP contribution in [0, 0.1) is 5.92 Å². The number of esters is 1. The van der Waals surface area contributed by atoms with E-state index in [2.05, 4.69) is 26.6 Å². The molecule has 0 radical (unpaired) electrons. The number of rotatable bonds is 15. The van der Waals surface area contributed by atoms with E-state index in [0.29, 0.717) is 42.7 Å². The number of anilines is 1. The summed E-state index contributed by atoms with van der Waals surface area (Å²) in [5, 5.41) is 13.3. The zero-order valence-electron chi connectivity index (χ0n) is 29.8. The molecule has 0 spiro atoms. The summed E-state index contributed by atoms with van der Waals surface area (Å²) in [6.07, 6.45) is 1.86. The van der Waals surface area contributed by atoms with Gasteiger partial charge < -0.3 is 47.7 Å². The van der Waals surface area contributed by atoms with E-state index >= 15 is 0 Å². The van der Waals surface area contributed by atoms with E-state index in [4.69, 9.17) is 20.8 Å². The number of hydrogen-bond acceptors (Lipinski definition) is 11. The molecular formula is C31H54N8O10S. The minimum Gasteiger partial charge on any atom is -0.461 e. The van der Waals surface area contributed by atoms with Crippen molar-refractivity contribution in [2.75, 3.05) is 44.3 Å². The Balaban J connectivity index is 0.00000170. The van der Waals surface area contributed by atoms with Crippen LogP contribution in [0.1, 0.15) is 70.3 Å². The van der Waals surface area contributed by atoms with Gasteiger partial charge in [-0.2, -0.15) is 8.42 Å². The van der Waals surface area contributed by atoms with Gasteiger partial charge in [0.25, 0.3) is 16.0 Å². The van der Waals surface area contributed by atoms with Crippen molar-refractivity contribution in [2.45, 2.75) is 79.1 Å². The van der Waals surface area contributed by atoms with Crippen LogP contribution in [0.4, 0.5) is 10.5 Å². The van der Waals surface area contributed by atoms with E-state index in [1.165, 1.54) is 6.07 Å². The number of carbonyl (C=O) groups excluding carboxylic acids is 6. The summed E-state index contributed by atoms with van der Waals surface area (Å²) in [6, 6.07) is 3.50. The first-order valence-electron chi connectivity index (χ1n) is 16.1. The Bertz CT molecular complexity index is 1390. The average Bonchev–Trinajstić information content (AvgIpc) is 3.00. The first-order chi connectivity index (χ1) is 23.2. The predicted molar refractivity (Wildman–Crippen MR) is 187 cm³/mol. The Morgan fingerprint density at radius 3 is 2.06 bits per heavy atom. The third-order valence-corrected chi connectivity index (χ3v) is 6.41. The van der Waals surface area contributed by atoms with Gasteiger partial charge in [0.1, 0.15) is 12.6 Å². The van der Waals surface area contributed by atoms with Crippen LogP contribution in [0.2, 0.25) is 0 Å². The predicted octanol–water partition coefficient (Wildman–Crippen LogP) is -0.315. The molecule has 284 valence electrons. The molecule has 10 N–H and O–H groups in total. The number of likely N-dealkylation sites (tertiary alicyclic amines) is 1. The molecule has 19 heteroatoms. The molecule has 6 amide bonds. The normalized spacial score (nSPS) is 13.0. The fourth-order valence-corrected chi connectivity index (χ4v) is 3.88. The van der Waals surface area contributed by atoms with Crippen molar-refractivity contribution >= 4 is 51.4 Å². The van der Waals surface area contributed by atoms with Gasteiger partial charge in [-0.05, 0) is 24.5 Å². The number of urea groups is 1. The molecule has 1 heterocycles. The van der Waals surface area contributed by atoms with Crippen molar-refractivity contribution < 1.29 is 46.5 Å². The number of amides is 6. The molecule has 1 aliphatic rings. The minimum atomic E-state index is -3.67. The highest BCUT2D eigenvalue weighted by Gasteiger charge is 2.30. The standard InChI is InChI=1S/C26H40N6O6.C4H10N2O.CH4O3S/c1-6-23(35)38-14-17-7-8-19(9-20(17)26(37)32-12-18(27)13-32)30-21(33)11-29-25(36)24(15(2)3)31-22(34)10-28-16(4)5;1-2-3-6-4(5)7;1-5(2,3)4/h7-9,15-16,18,24,28H,6,10-14,27H2,1-5H3,(H,29,36)(H,30,33)(H,31,34);2-3H2,1H3,(H3,5,6,7);1H3,(H,2,3,4). The third kappa shape index (κ3) is 20.9. The van der Waals surface area contributed by atoms with Crippen LogP contribution in [-0.4, -0.2) is 111 Å². The quantitative estimate of drug-likeness (QED) is 0.0852. The monoisotopic (exact) mass is 730 g/mol. The highest BCUT2D eigenvalue weighted by molar-refractivity contribution is 7.85. The molecule has 1 aromatic rings. The van der Waals surface area contributed by atoms with Crippen LogP contribution in [0.25, 0.3) is 0 Å². The number of ether oxygens (including phenoxy) is 1. The molecule has 50 heavy (non-hydrogen) atoms. The zero-order valence-corrected chi connectivity index (χ0v) is 30.6. The maximum Gasteiger partial charge on any atom is 0.312 e. The van der Waals surface area contributed by atoms with Gasteiger partial charge in [0, 0.05) is 55.0 Å². The van der Waals surface area contributed by atoms with E-state index in [0.717, 1.165) is 6.42 Å². The SMILES string of the molecule is CCC(=O)OCc1ccc(NC(=O)CNC(=O)C(NC(=O)CNC(C)C)C(C)C)cc1C(=O)N1CC(N)C1.CCCNC(N)=O.CS(=O)(=O)O. The summed E-state index contributed by atoms with van der Waals surface area (Å²) in [5.74, 6) is -2.18. The van der Waals surface area contributed by atoms with Crippen LogP contribution in [0.3, 0.4) is 0 Å². The van der Waals surface area contributed by atoms with Gasteiger partial charge in [0.2, 0.25) is 17.7 Å². The van der Waals surface area contributed by atoms with Gasteiger partial charge in [-0.25, -0.2) is 4.79 Å². The number of benzene rings is 1. The largest absolute Gasteiger partial charge is 0.461 e. The number of nitrogens with zero attached hydrogens (tertiary/aromatic N) is 1. The van der Waals surface area contributed by atoms with Crippen LogP contribution in [-0.2, 0) is 40.6 Å². The Morgan fingerprint density at radius 2 is 1.60 bits per heavy atom. The average molecular weight is 731 g/mol. The second-order valence-electron chi connectivity index (χ2n) is 12.0. The number of carbonyl (C=O) groups is 6. The van der Waals surface area contributed by atoms with Gasteiger partial charge in [0.05, 0.1) is 19.3 Å². The van der Waals surface area contributed by atoms with Crippen molar-refractivity contribution in [1.29, 1.82) is 0 Å². The molecule has 1 aliphatic heterocycles. The maximum absolute atomic E-state index is 13.0. The van der Waals surface area contributed by atoms with Gasteiger partial charge >= 0.3 is 12.0 Å². The zero-order chi connectivity index (χ0) is 38.6. The first kappa shape index (κ1) is 45.7. The number of hydrogen-bond donors (Lipinski definition) is 8. The smallest absolute Gasteiger partial charge is 0.312 e. The summed E-state index contributed by atoms with van der Waals surface area (Å²) in [6.45, 7) is 12.2. The summed E-state index contributed by atoms with van der Waals surface area (Å²) >= 11 is 0. The minimum absolute atomic E-state index is 0.0761. The van der Waals surface area contributed by atoms with Crippen LogP contribution >= 0.6 is 0 Å². The summed E-state index contributed by atoms with van der Waals surface area (Å²) in [5.41, 5.74) is 11.7. The van der Waals surface area contributed by atoms with Crippen molar-refractivity contribution in [2.24, 2.45) is 17.4 Å². The first-order valence-corrected chi connectivity index (χ1v) is 17.9. The van der Waals surface area contributed by atoms with E-state index in [1.807, 2.05) is 20.8 Å². The summed E-state index contributed by atoms with van der Waals surface area (Å²) in [7, 11) is -3.67. The van der Waals surface area contributed by atoms with E-state index in [1.54, 1.807) is 37.8 Å². The topological polar surface area (TPSA) is 281 Å². The number of nitrogens with one attached hydrogen (secondary N) is 5. The van der Waals surface area contributed by atoms with Crippen LogP contribution in [0.15, 0.2) is 18.2 Å². The highest BCUT2D eigenvalue weighted by atomic mass is 32.2. The molecule has 1 fully saturated rings. The fraction of sp³-hybridized carbons (Fsp3) is 0.613. The summed E-state index contributed by atoms with van der Waals surface area (Å²) < 4.78 is 31.1. The van der Waals surface area contributed by atoms with E-state index < -0.39 is 40.0 Å². The Morgan fingerprint density at radius 1 is 1.00 bits per heavy atom. The lowest BCUT2D eigenvalue weighted by atomic mass is 10.0. The van der Waals surface area contributed by atoms with Crippen molar-refractivity contribution in [3.05, 3.63) is 29.3 Å². The fourth-order valence-electron chi connectivity index (χ4n) is 3.88. The molecule has 2 rings (SSSR count). The number of primary amides is 1. The van der Waals surface area contributed by atoms with Gasteiger partial charge in [0.15, 0.2) is 0 Å². The molecule has 0 aromatic heterocycles. The Kier molecular flexibility index (Phi) is 21.1. The molecule has 1 unspecified atom stereocenters. The Hall–Kier alpha value is -4.33. The van der Waals surface area contributed by atoms with Gasteiger partial charge in [-0.3, -0.25) is 28.5 Å². The van der Waals surface area contributed by atoms with Crippen molar-refractivity contribution in [3.8, 4) is 0 Å². The molecule has 1 saturated heterocycles. The third-order valence-electron chi connectivity index (χ3n) is 6.41. The molecule has 0 saturated carbocycles. The second kappa shape index (κ2) is 23.1. The lowest BCUT2D eigenvalue weighted by Crippen LogP contribution is -2.57. The molecule has 0 aliphatic carbocycles. The Labute approximate surface area is 293 Å². The maximum atomic E-state index is 13.0. The van der Waals surface area contributed by atoms with Crippen molar-refractivity contribution in [3.63, 3.8) is 0 Å². The molecule has 18 nitrogen and oxygen atoms in total. The molecular weight excluding hydrogens is 676 g/mol.